The van der Waals surface area contributed by atoms with Crippen LogP contribution in [0.15, 0.2) is 12.2 Å². The Morgan fingerprint density at radius 1 is 1.50 bits per heavy atom. The molecule has 0 aromatic heterocycles. The minimum Gasteiger partial charge on any atom is -0.461 e. The Balaban J connectivity index is 4.28. The van der Waals surface area contributed by atoms with E-state index in [2.05, 4.69) is 6.58 Å². The standard InChI is InChI=1S/C10H19O5P/c1-4-5-6-9(16(12,13)14)7-15-10(11)8(2)3/h9H,2,4-7H2,1,3H3,(H2,12,13,14). The summed E-state index contributed by atoms with van der Waals surface area (Å²) in [6.45, 7) is 6.55. The monoisotopic (exact) mass is 250 g/mol. The zero-order valence-corrected chi connectivity index (χ0v) is 10.6. The lowest BCUT2D eigenvalue weighted by atomic mass is 10.2. The number of unbranched alkanes of at least 4 members (excludes halogenated alkanes) is 1. The third-order valence-corrected chi connectivity index (χ3v) is 3.48. The number of hydrogen-bond donors (Lipinski definition) is 2. The van der Waals surface area contributed by atoms with Crippen molar-refractivity contribution in [3.05, 3.63) is 12.2 Å². The highest BCUT2D eigenvalue weighted by Crippen LogP contribution is 2.43. The molecule has 94 valence electrons. The summed E-state index contributed by atoms with van der Waals surface area (Å²) in [5.41, 5.74) is -0.685. The fraction of sp³-hybridized carbons (Fsp3) is 0.700. The Labute approximate surface area is 95.7 Å². The van der Waals surface area contributed by atoms with Gasteiger partial charge >= 0.3 is 13.6 Å². The van der Waals surface area contributed by atoms with Gasteiger partial charge in [-0.15, -0.1) is 0 Å². The van der Waals surface area contributed by atoms with E-state index in [4.69, 9.17) is 14.5 Å². The molecule has 0 amide bonds. The van der Waals surface area contributed by atoms with Gasteiger partial charge in [0, 0.05) is 5.57 Å². The van der Waals surface area contributed by atoms with Gasteiger partial charge in [-0.1, -0.05) is 26.3 Å². The van der Waals surface area contributed by atoms with Crippen LogP contribution >= 0.6 is 7.60 Å². The molecular weight excluding hydrogens is 231 g/mol. The first kappa shape index (κ1) is 15.4. The summed E-state index contributed by atoms with van der Waals surface area (Å²) < 4.78 is 15.9. The molecule has 0 spiro atoms. The zero-order chi connectivity index (χ0) is 12.8. The Morgan fingerprint density at radius 3 is 2.44 bits per heavy atom. The SMILES string of the molecule is C=C(C)C(=O)OCC(CCCC)P(=O)(O)O. The highest BCUT2D eigenvalue weighted by Gasteiger charge is 2.29. The van der Waals surface area contributed by atoms with Gasteiger partial charge in [0.2, 0.25) is 0 Å². The van der Waals surface area contributed by atoms with E-state index in [0.29, 0.717) is 12.8 Å². The number of carbonyl (C=O) groups excluding carboxylic acids is 1. The highest BCUT2D eigenvalue weighted by molar-refractivity contribution is 7.52. The Bertz CT molecular complexity index is 294. The van der Waals surface area contributed by atoms with Gasteiger partial charge in [0.1, 0.15) is 6.61 Å². The maximum Gasteiger partial charge on any atom is 0.333 e. The third-order valence-electron chi connectivity index (χ3n) is 2.12. The molecule has 1 unspecified atom stereocenters. The lowest BCUT2D eigenvalue weighted by Crippen LogP contribution is -2.19. The molecule has 0 aliphatic heterocycles. The minimum atomic E-state index is -4.20. The fourth-order valence-electron chi connectivity index (χ4n) is 1.08. The van der Waals surface area contributed by atoms with Crippen LogP contribution in [-0.2, 0) is 14.1 Å². The van der Waals surface area contributed by atoms with Crippen molar-refractivity contribution in [3.8, 4) is 0 Å². The van der Waals surface area contributed by atoms with Crippen LogP contribution in [0, 0.1) is 0 Å². The van der Waals surface area contributed by atoms with Crippen molar-refractivity contribution < 1.29 is 23.9 Å². The first-order chi connectivity index (χ1) is 7.29. The van der Waals surface area contributed by atoms with E-state index in [1.807, 2.05) is 6.92 Å². The predicted octanol–water partition coefficient (Wildman–Crippen LogP) is 1.84. The normalized spacial score (nSPS) is 13.2. The molecule has 0 rings (SSSR count). The van der Waals surface area contributed by atoms with Crippen LogP contribution in [0.1, 0.15) is 33.1 Å². The molecule has 0 radical (unpaired) electrons. The van der Waals surface area contributed by atoms with Gasteiger partial charge < -0.3 is 14.5 Å². The van der Waals surface area contributed by atoms with Crippen molar-refractivity contribution in [2.45, 2.75) is 38.8 Å². The van der Waals surface area contributed by atoms with E-state index in [1.54, 1.807) is 0 Å². The Hall–Kier alpha value is -0.640. The summed E-state index contributed by atoms with van der Waals surface area (Å²) in [5, 5.41) is 0. The second-order valence-electron chi connectivity index (χ2n) is 3.76. The molecule has 1 atom stereocenters. The molecule has 0 saturated carbocycles. The number of carbonyl (C=O) groups is 1. The number of hydrogen-bond acceptors (Lipinski definition) is 3. The van der Waals surface area contributed by atoms with E-state index in [9.17, 15) is 9.36 Å². The van der Waals surface area contributed by atoms with Crippen molar-refractivity contribution in [3.63, 3.8) is 0 Å². The fourth-order valence-corrected chi connectivity index (χ4v) is 1.87. The molecule has 0 aromatic rings. The van der Waals surface area contributed by atoms with Crippen LogP contribution in [0.3, 0.4) is 0 Å². The third kappa shape index (κ3) is 6.05. The van der Waals surface area contributed by atoms with Crippen molar-refractivity contribution in [1.82, 2.24) is 0 Å². The van der Waals surface area contributed by atoms with Gasteiger partial charge in [-0.2, -0.15) is 0 Å². The maximum absolute atomic E-state index is 11.1. The average Bonchev–Trinajstić information content (AvgIpc) is 2.15. The first-order valence-corrected chi connectivity index (χ1v) is 6.85. The summed E-state index contributed by atoms with van der Waals surface area (Å²) in [6, 6.07) is 0. The lowest BCUT2D eigenvalue weighted by molar-refractivity contribution is -0.139. The number of ether oxygens (including phenoxy) is 1. The molecule has 0 aliphatic rings. The summed E-state index contributed by atoms with van der Waals surface area (Å²) in [4.78, 5) is 29.2. The molecule has 0 aliphatic carbocycles. The molecule has 0 heterocycles. The molecular formula is C10H19O5P. The van der Waals surface area contributed by atoms with E-state index in [-0.39, 0.29) is 12.2 Å². The second kappa shape index (κ2) is 6.84. The van der Waals surface area contributed by atoms with Crippen LogP contribution in [0.2, 0.25) is 0 Å². The van der Waals surface area contributed by atoms with E-state index >= 15 is 0 Å². The summed E-state index contributed by atoms with van der Waals surface area (Å²) in [5.74, 6) is -0.616. The van der Waals surface area contributed by atoms with Crippen molar-refractivity contribution in [2.24, 2.45) is 0 Å². The molecule has 0 aromatic carbocycles. The van der Waals surface area contributed by atoms with Crippen LogP contribution in [0.5, 0.6) is 0 Å². The molecule has 0 saturated heterocycles. The molecule has 2 N–H and O–H groups in total. The second-order valence-corrected chi connectivity index (χ2v) is 5.67. The van der Waals surface area contributed by atoms with Crippen molar-refractivity contribution in [1.29, 1.82) is 0 Å². The largest absolute Gasteiger partial charge is 0.461 e. The minimum absolute atomic E-state index is 0.222. The van der Waals surface area contributed by atoms with Crippen LogP contribution in [0.4, 0.5) is 0 Å². The summed E-state index contributed by atoms with van der Waals surface area (Å²) in [7, 11) is -4.20. The van der Waals surface area contributed by atoms with Gasteiger partial charge in [-0.3, -0.25) is 4.57 Å². The van der Waals surface area contributed by atoms with Crippen LogP contribution in [-0.4, -0.2) is 28.0 Å². The maximum atomic E-state index is 11.1. The van der Waals surface area contributed by atoms with E-state index in [0.717, 1.165) is 6.42 Å². The molecule has 5 nitrogen and oxygen atoms in total. The van der Waals surface area contributed by atoms with Crippen molar-refractivity contribution in [2.75, 3.05) is 6.61 Å². The molecule has 0 fully saturated rings. The van der Waals surface area contributed by atoms with Gasteiger partial charge in [0.05, 0.1) is 5.66 Å². The van der Waals surface area contributed by atoms with Crippen LogP contribution < -0.4 is 0 Å². The Kier molecular flexibility index (Phi) is 6.56. The average molecular weight is 250 g/mol. The smallest absolute Gasteiger partial charge is 0.333 e. The van der Waals surface area contributed by atoms with Gasteiger partial charge in [0.25, 0.3) is 0 Å². The van der Waals surface area contributed by atoms with Gasteiger partial charge in [0.15, 0.2) is 0 Å². The Morgan fingerprint density at radius 2 is 2.06 bits per heavy atom. The number of esters is 1. The van der Waals surface area contributed by atoms with Gasteiger partial charge in [-0.25, -0.2) is 4.79 Å². The molecule has 0 bridgehead atoms. The summed E-state index contributed by atoms with van der Waals surface area (Å²) >= 11 is 0. The molecule has 16 heavy (non-hydrogen) atoms. The predicted molar refractivity (Wildman–Crippen MR) is 61.1 cm³/mol. The number of rotatable bonds is 7. The summed E-state index contributed by atoms with van der Waals surface area (Å²) in [6.07, 6.45) is 1.88. The van der Waals surface area contributed by atoms with E-state index in [1.165, 1.54) is 6.92 Å². The quantitative estimate of drug-likeness (QED) is 0.409. The lowest BCUT2D eigenvalue weighted by Gasteiger charge is -2.17. The van der Waals surface area contributed by atoms with Gasteiger partial charge in [-0.05, 0) is 13.3 Å². The highest BCUT2D eigenvalue weighted by atomic mass is 31.2. The molecule has 6 heteroatoms. The first-order valence-electron chi connectivity index (χ1n) is 5.16. The zero-order valence-electron chi connectivity index (χ0n) is 9.68. The van der Waals surface area contributed by atoms with E-state index < -0.39 is 19.2 Å². The topological polar surface area (TPSA) is 83.8 Å². The van der Waals surface area contributed by atoms with Crippen molar-refractivity contribution >= 4 is 13.6 Å². The van der Waals surface area contributed by atoms with Crippen LogP contribution in [0.25, 0.3) is 0 Å².